The van der Waals surface area contributed by atoms with Crippen LogP contribution in [0.4, 0.5) is 30.7 Å². The van der Waals surface area contributed by atoms with Crippen LogP contribution in [0.1, 0.15) is 22.3 Å². The monoisotopic (exact) mass is 520 g/mol. The zero-order valence-electron chi connectivity index (χ0n) is 17.6. The van der Waals surface area contributed by atoms with Crippen LogP contribution in [0.3, 0.4) is 0 Å². The van der Waals surface area contributed by atoms with E-state index in [9.17, 15) is 40.6 Å². The van der Waals surface area contributed by atoms with Crippen LogP contribution in [0.15, 0.2) is 54.7 Å². The Morgan fingerprint density at radius 2 is 1.51 bits per heavy atom. The summed E-state index contributed by atoms with van der Waals surface area (Å²) in [6.07, 6.45) is -8.88. The van der Waals surface area contributed by atoms with Crippen molar-refractivity contribution in [1.82, 2.24) is 9.88 Å². The van der Waals surface area contributed by atoms with E-state index in [2.05, 4.69) is 4.98 Å². The van der Waals surface area contributed by atoms with Gasteiger partial charge < -0.3 is 10.0 Å². The molecule has 4 nitrogen and oxygen atoms in total. The third-order valence-corrected chi connectivity index (χ3v) is 5.35. The van der Waals surface area contributed by atoms with Gasteiger partial charge in [0.25, 0.3) is 0 Å². The Bertz CT molecular complexity index is 1200. The Hall–Kier alpha value is -3.18. The molecular weight excluding hydrogens is 505 g/mol. The van der Waals surface area contributed by atoms with Gasteiger partial charge in [0, 0.05) is 30.4 Å². The molecule has 0 fully saturated rings. The second kappa shape index (κ2) is 10.2. The van der Waals surface area contributed by atoms with Gasteiger partial charge in [-0.05, 0) is 41.5 Å². The molecule has 1 aromatic heterocycles. The zero-order valence-corrected chi connectivity index (χ0v) is 18.3. The molecule has 35 heavy (non-hydrogen) atoms. The largest absolute Gasteiger partial charge is 0.416 e. The molecule has 186 valence electrons. The van der Waals surface area contributed by atoms with Crippen LogP contribution >= 0.6 is 11.6 Å². The molecule has 1 amide bonds. The van der Waals surface area contributed by atoms with Crippen molar-refractivity contribution < 1.29 is 40.6 Å². The molecule has 0 saturated carbocycles. The molecule has 0 bridgehead atoms. The highest BCUT2D eigenvalue weighted by Crippen LogP contribution is 2.37. The number of alkyl halides is 6. The summed E-state index contributed by atoms with van der Waals surface area (Å²) >= 11 is 6.17. The van der Waals surface area contributed by atoms with Gasteiger partial charge in [0.1, 0.15) is 17.6 Å². The number of aliphatic hydroxyl groups excluding tert-OH is 1. The van der Waals surface area contributed by atoms with Gasteiger partial charge in [-0.3, -0.25) is 4.79 Å². The van der Waals surface area contributed by atoms with Crippen LogP contribution < -0.4 is 0 Å². The number of carbonyl (C=O) groups is 1. The Kier molecular flexibility index (Phi) is 7.71. The highest BCUT2D eigenvalue weighted by molar-refractivity contribution is 6.30. The summed E-state index contributed by atoms with van der Waals surface area (Å²) < 4.78 is 93.8. The molecule has 1 N–H and O–H groups in total. The van der Waals surface area contributed by atoms with E-state index in [1.165, 1.54) is 36.5 Å². The van der Waals surface area contributed by atoms with Crippen LogP contribution in [0.2, 0.25) is 5.15 Å². The third-order valence-electron chi connectivity index (χ3n) is 5.03. The SMILES string of the molecule is O=C(CO)N(Cc1cc(C(F)(F)F)cc(C(F)(F)F)c1)Cc1c(-c2ccccc2F)ccnc1Cl. The molecule has 0 spiro atoms. The quantitative estimate of drug-likeness (QED) is 0.316. The highest BCUT2D eigenvalue weighted by atomic mass is 35.5. The van der Waals surface area contributed by atoms with E-state index in [1.54, 1.807) is 0 Å². The molecule has 3 rings (SSSR count). The first-order chi connectivity index (χ1) is 16.3. The molecule has 1 heterocycles. The Morgan fingerprint density at radius 1 is 0.914 bits per heavy atom. The Morgan fingerprint density at radius 3 is 2.06 bits per heavy atom. The van der Waals surface area contributed by atoms with Gasteiger partial charge in [-0.25, -0.2) is 9.37 Å². The minimum Gasteiger partial charge on any atom is -0.387 e. The van der Waals surface area contributed by atoms with Crippen LogP contribution in [-0.2, 0) is 30.2 Å². The molecule has 0 aliphatic carbocycles. The van der Waals surface area contributed by atoms with Gasteiger partial charge in [-0.2, -0.15) is 26.3 Å². The van der Waals surface area contributed by atoms with E-state index in [4.69, 9.17) is 11.6 Å². The predicted molar refractivity (Wildman–Crippen MR) is 112 cm³/mol. The Labute approximate surface area is 199 Å². The predicted octanol–water partition coefficient (Wildman–Crippen LogP) is 6.10. The lowest BCUT2D eigenvalue weighted by Gasteiger charge is -2.25. The summed E-state index contributed by atoms with van der Waals surface area (Å²) in [6, 6.07) is 7.90. The summed E-state index contributed by atoms with van der Waals surface area (Å²) in [6.45, 7) is -2.29. The number of carbonyl (C=O) groups excluding carboxylic acids is 1. The first-order valence-corrected chi connectivity index (χ1v) is 10.2. The van der Waals surface area contributed by atoms with E-state index in [1.807, 2.05) is 0 Å². The number of nitrogens with zero attached hydrogens (tertiary/aromatic N) is 2. The smallest absolute Gasteiger partial charge is 0.387 e. The maximum absolute atomic E-state index is 14.4. The number of halogens is 8. The fourth-order valence-corrected chi connectivity index (χ4v) is 3.62. The van der Waals surface area contributed by atoms with E-state index < -0.39 is 60.5 Å². The lowest BCUT2D eigenvalue weighted by atomic mass is 10.00. The molecule has 0 atom stereocenters. The maximum atomic E-state index is 14.4. The van der Waals surface area contributed by atoms with Crippen molar-refractivity contribution in [3.05, 3.63) is 88.0 Å². The average Bonchev–Trinajstić information content (AvgIpc) is 2.78. The normalized spacial score (nSPS) is 12.0. The van der Waals surface area contributed by atoms with Crippen LogP contribution in [0, 0.1) is 5.82 Å². The molecule has 2 aromatic carbocycles. The summed E-state index contributed by atoms with van der Waals surface area (Å²) in [4.78, 5) is 17.1. The fraction of sp³-hybridized carbons (Fsp3) is 0.217. The summed E-state index contributed by atoms with van der Waals surface area (Å²) in [5.41, 5.74) is -3.21. The van der Waals surface area contributed by atoms with Crippen molar-refractivity contribution >= 4 is 17.5 Å². The van der Waals surface area contributed by atoms with Crippen LogP contribution in [-0.4, -0.2) is 27.5 Å². The fourth-order valence-electron chi connectivity index (χ4n) is 3.40. The first-order valence-electron chi connectivity index (χ1n) is 9.86. The highest BCUT2D eigenvalue weighted by Gasteiger charge is 2.37. The second-order valence-corrected chi connectivity index (χ2v) is 7.79. The van der Waals surface area contributed by atoms with Crippen molar-refractivity contribution in [1.29, 1.82) is 0 Å². The van der Waals surface area contributed by atoms with Gasteiger partial charge in [0.15, 0.2) is 0 Å². The number of rotatable bonds is 6. The summed E-state index contributed by atoms with van der Waals surface area (Å²) in [5.74, 6) is -1.64. The minimum atomic E-state index is -5.08. The van der Waals surface area contributed by atoms with E-state index in [0.717, 1.165) is 4.90 Å². The van der Waals surface area contributed by atoms with Gasteiger partial charge in [-0.15, -0.1) is 0 Å². The standard InChI is InChI=1S/C23H16ClF7N2O2/c24-21-18(16(5-6-32-21)17-3-1-2-4-19(17)25)11-33(20(35)12-34)10-13-7-14(22(26,27)28)9-15(8-13)23(29,30)31/h1-9,34H,10-12H2. The maximum Gasteiger partial charge on any atom is 0.416 e. The lowest BCUT2D eigenvalue weighted by molar-refractivity contribution is -0.143. The number of aliphatic hydroxyl groups is 1. The number of amides is 1. The second-order valence-electron chi connectivity index (χ2n) is 7.43. The van der Waals surface area contributed by atoms with Crippen molar-refractivity contribution in [2.45, 2.75) is 25.4 Å². The van der Waals surface area contributed by atoms with Crippen molar-refractivity contribution in [3.8, 4) is 11.1 Å². The molecule has 0 aliphatic rings. The minimum absolute atomic E-state index is 0.0318. The number of hydrogen-bond donors (Lipinski definition) is 1. The average molecular weight is 521 g/mol. The molecule has 0 unspecified atom stereocenters. The molecule has 0 saturated heterocycles. The van der Waals surface area contributed by atoms with Crippen LogP contribution in [0.25, 0.3) is 11.1 Å². The van der Waals surface area contributed by atoms with E-state index in [0.29, 0.717) is 12.1 Å². The summed E-state index contributed by atoms with van der Waals surface area (Å²) in [5, 5.41) is 9.20. The van der Waals surface area contributed by atoms with Crippen molar-refractivity contribution in [2.24, 2.45) is 0 Å². The van der Waals surface area contributed by atoms with Crippen LogP contribution in [0.5, 0.6) is 0 Å². The number of aromatic nitrogens is 1. The van der Waals surface area contributed by atoms with E-state index >= 15 is 0 Å². The van der Waals surface area contributed by atoms with Gasteiger partial charge in [-0.1, -0.05) is 29.8 Å². The number of hydrogen-bond acceptors (Lipinski definition) is 3. The van der Waals surface area contributed by atoms with Gasteiger partial charge in [0.05, 0.1) is 11.1 Å². The molecule has 0 aliphatic heterocycles. The van der Waals surface area contributed by atoms with E-state index in [-0.39, 0.29) is 27.9 Å². The van der Waals surface area contributed by atoms with Gasteiger partial charge >= 0.3 is 12.4 Å². The third kappa shape index (κ3) is 6.29. The summed E-state index contributed by atoms with van der Waals surface area (Å²) in [7, 11) is 0. The molecule has 12 heteroatoms. The first kappa shape index (κ1) is 26.4. The van der Waals surface area contributed by atoms with Gasteiger partial charge in [0.2, 0.25) is 5.91 Å². The molecular formula is C23H16ClF7N2O2. The lowest BCUT2D eigenvalue weighted by Crippen LogP contribution is -2.33. The molecule has 0 radical (unpaired) electrons. The number of benzene rings is 2. The topological polar surface area (TPSA) is 53.4 Å². The molecule has 3 aromatic rings. The van der Waals surface area contributed by atoms with Crippen molar-refractivity contribution in [3.63, 3.8) is 0 Å². The number of pyridine rings is 1. The van der Waals surface area contributed by atoms with Crippen molar-refractivity contribution in [2.75, 3.05) is 6.61 Å². The Balaban J connectivity index is 2.07. The zero-order chi connectivity index (χ0) is 26.0.